The molecule has 0 aromatic carbocycles. The Balaban J connectivity index is -0.00000578. The van der Waals surface area contributed by atoms with Crippen molar-refractivity contribution >= 4 is 29.8 Å². The van der Waals surface area contributed by atoms with Gasteiger partial charge in [0, 0.05) is 17.1 Å². The summed E-state index contributed by atoms with van der Waals surface area (Å²) in [7, 11) is -7.16. The van der Waals surface area contributed by atoms with Gasteiger partial charge in [0.05, 0.1) is 0 Å². The molecule has 0 heterocycles. The molecule has 0 radical (unpaired) electrons. The van der Waals surface area contributed by atoms with E-state index in [0.29, 0.717) is 26.2 Å². The van der Waals surface area contributed by atoms with Crippen LogP contribution >= 0.6 is 0 Å². The van der Waals surface area contributed by atoms with Crippen LogP contribution in [0.5, 0.6) is 0 Å². The Hall–Kier alpha value is -1.89. The van der Waals surface area contributed by atoms with Crippen LogP contribution < -0.4 is 36.9 Å². The zero-order chi connectivity index (χ0) is 27.3. The second kappa shape index (κ2) is 14.3. The van der Waals surface area contributed by atoms with E-state index in [1.165, 1.54) is 0 Å². The number of nitrogens with two attached hydrogens (primary N) is 2. The van der Waals surface area contributed by atoms with Crippen molar-refractivity contribution in [1.29, 1.82) is 0 Å². The van der Waals surface area contributed by atoms with E-state index in [4.69, 9.17) is 11.5 Å². The first kappa shape index (κ1) is 39.6. The molecule has 0 unspecified atom stereocenters. The van der Waals surface area contributed by atoms with Gasteiger partial charge in [-0.3, -0.25) is 0 Å². The Labute approximate surface area is 222 Å². The summed E-state index contributed by atoms with van der Waals surface area (Å²) in [6, 6.07) is 0. The first-order valence-electron chi connectivity index (χ1n) is 10.4. The minimum atomic E-state index is -7.16. The molecular formula is C18H42Fe2N7O10. The zero-order valence-corrected chi connectivity index (χ0v) is 22.7. The van der Waals surface area contributed by atoms with Crippen LogP contribution in [0.1, 0.15) is 0 Å². The van der Waals surface area contributed by atoms with E-state index >= 15 is 0 Å². The van der Waals surface area contributed by atoms with E-state index in [-0.39, 0.29) is 42.9 Å². The minimum absolute atomic E-state index is 0. The van der Waals surface area contributed by atoms with Gasteiger partial charge in [0.1, 0.15) is 0 Å². The van der Waals surface area contributed by atoms with E-state index in [0.717, 1.165) is 0 Å². The molecule has 0 rings (SSSR count). The summed E-state index contributed by atoms with van der Waals surface area (Å²) in [6.45, 7) is 0.772. The van der Waals surface area contributed by atoms with Gasteiger partial charge in [-0.05, 0) is 0 Å². The van der Waals surface area contributed by atoms with Crippen LogP contribution in [-0.4, -0.2) is 108 Å². The molecule has 0 amide bonds. The third-order valence-corrected chi connectivity index (χ3v) is 18.2. The molecule has 0 spiro atoms. The van der Waals surface area contributed by atoms with Crippen molar-refractivity contribution < 1.29 is 76.7 Å². The van der Waals surface area contributed by atoms with Gasteiger partial charge in [-0.1, -0.05) is 0 Å². The van der Waals surface area contributed by atoms with Crippen LogP contribution in [0.4, 0.5) is 0 Å². The van der Waals surface area contributed by atoms with Gasteiger partial charge in [-0.25, -0.2) is 0 Å². The molecule has 0 bridgehead atoms. The van der Waals surface area contributed by atoms with Gasteiger partial charge in [0.2, 0.25) is 0 Å². The number of carboxylic acids is 5. The molecule has 0 aromatic rings. The fourth-order valence-corrected chi connectivity index (χ4v) is 16.2. The normalized spacial score (nSPS) is 13.9. The van der Waals surface area contributed by atoms with Crippen LogP contribution in [-0.2, 0) is 51.2 Å². The third-order valence-electron chi connectivity index (χ3n) is 5.36. The maximum atomic E-state index is 12.3. The predicted octanol–water partition coefficient (Wildman–Crippen LogP) is -2.47. The van der Waals surface area contributed by atoms with Gasteiger partial charge in [0.15, 0.2) is 0 Å². The molecule has 0 saturated carbocycles. The van der Waals surface area contributed by atoms with Crippen molar-refractivity contribution in [2.75, 3.05) is 52.4 Å². The van der Waals surface area contributed by atoms with Crippen molar-refractivity contribution in [1.82, 2.24) is 25.5 Å². The second-order valence-electron chi connectivity index (χ2n) is 8.53. The summed E-state index contributed by atoms with van der Waals surface area (Å²) in [6.07, 6.45) is 0. The molecular weight excluding hydrogens is 586 g/mol. The number of hydrogen-bond donors (Lipinski definition) is 12. The maximum Gasteiger partial charge on any atom is 0 e. The van der Waals surface area contributed by atoms with Crippen LogP contribution in [0.3, 0.4) is 0 Å². The first-order valence-corrected chi connectivity index (χ1v) is 15.5. The molecule has 0 aliphatic heterocycles. The largest absolute Gasteiger partial charge is 0 e. The van der Waals surface area contributed by atoms with Gasteiger partial charge in [-0.2, -0.15) is 0 Å². The fourth-order valence-electron chi connectivity index (χ4n) is 4.40. The second-order valence-corrected chi connectivity index (χ2v) is 21.0. The first-order chi connectivity index (χ1) is 16.1. The SMILES string of the molecule is N.NCCNCCNCC[NH][Fe]([CH2]C(=O)O)([CH2]C(=O)O)([CH2]C(=O)O)([CH2]C(=O)O)([CH2]C(=O)O)[NH]CCN.[Fe]. The Kier molecular flexibility index (Phi) is 15.3. The summed E-state index contributed by atoms with van der Waals surface area (Å²) >= 11 is 0. The quantitative estimate of drug-likeness (QED) is 0.0436. The van der Waals surface area contributed by atoms with Crippen molar-refractivity contribution in [2.24, 2.45) is 11.5 Å². The molecule has 0 aliphatic carbocycles. The topological polar surface area (TPSA) is 322 Å². The average molecular weight is 628 g/mol. The summed E-state index contributed by atoms with van der Waals surface area (Å²) in [5.74, 6) is -8.82. The fraction of sp³-hybridized carbons (Fsp3) is 0.722. The number of aliphatic carboxylic acids is 5. The summed E-state index contributed by atoms with van der Waals surface area (Å²) in [5.41, 5.74) is 10.9. The number of nitrogens with one attached hydrogen (secondary N) is 4. The maximum absolute atomic E-state index is 12.3. The molecule has 0 fully saturated rings. The molecule has 37 heavy (non-hydrogen) atoms. The third kappa shape index (κ3) is 9.73. The van der Waals surface area contributed by atoms with Gasteiger partial charge in [0.25, 0.3) is 0 Å². The molecule has 0 atom stereocenters. The van der Waals surface area contributed by atoms with Gasteiger partial charge >= 0.3 is 199 Å². The number of carboxylic acid groups (broad SMARTS) is 5. The van der Waals surface area contributed by atoms with Crippen LogP contribution in [0, 0.1) is 0 Å². The Bertz CT molecular complexity index is 733. The smallest absolute Gasteiger partial charge is 0 e. The monoisotopic (exact) mass is 628 g/mol. The van der Waals surface area contributed by atoms with E-state index < -0.39 is 73.1 Å². The molecule has 225 valence electrons. The van der Waals surface area contributed by atoms with Crippen LogP contribution in [0.25, 0.3) is 0 Å². The number of hydrogen-bond acceptors (Lipinski definition) is 12. The average Bonchev–Trinajstić information content (AvgIpc) is 2.66. The molecule has 0 aliphatic rings. The number of carbonyl (C=O) groups is 5. The Morgan fingerprint density at radius 1 is 0.514 bits per heavy atom. The predicted molar refractivity (Wildman–Crippen MR) is 127 cm³/mol. The van der Waals surface area contributed by atoms with Gasteiger partial charge < -0.3 is 6.15 Å². The van der Waals surface area contributed by atoms with Crippen LogP contribution in [0.2, 0.25) is 26.6 Å². The molecule has 19 heteroatoms. The molecule has 0 saturated heterocycles. The van der Waals surface area contributed by atoms with E-state index in [9.17, 15) is 49.5 Å². The molecule has 17 nitrogen and oxygen atoms in total. The standard InChI is InChI=1S/C6H17N4.C2H7N2.5C2H3O2.2Fe.H3N/c7-1-3-9-5-6-10-4-2-8;3-1-2-4;5*1-2(3)4;;;/h7,9-10H,1-6,8H2;3H,1-2,4H2;5*1H2,(H,3,4);;;1H3/q2*-1;;;;;;;+2;. The Morgan fingerprint density at radius 3 is 1.08 bits per heavy atom. The minimum Gasteiger partial charge on any atom is 0 e. The van der Waals surface area contributed by atoms with Gasteiger partial charge in [-0.15, -0.1) is 0 Å². The van der Waals surface area contributed by atoms with Crippen LogP contribution in [0.15, 0.2) is 0 Å². The van der Waals surface area contributed by atoms with Crippen molar-refractivity contribution in [3.8, 4) is 0 Å². The number of rotatable bonds is 22. The van der Waals surface area contributed by atoms with E-state index in [2.05, 4.69) is 19.3 Å². The molecule has 16 N–H and O–H groups in total. The summed E-state index contributed by atoms with van der Waals surface area (Å²) in [4.78, 5) is 61.4. The summed E-state index contributed by atoms with van der Waals surface area (Å²) in [5, 5.41) is 48.8. The molecule has 0 aromatic heterocycles. The van der Waals surface area contributed by atoms with E-state index in [1.54, 1.807) is 0 Å². The van der Waals surface area contributed by atoms with Crippen molar-refractivity contribution in [3.63, 3.8) is 0 Å². The summed E-state index contributed by atoms with van der Waals surface area (Å²) < 4.78 is 5.38. The van der Waals surface area contributed by atoms with Crippen molar-refractivity contribution in [3.05, 3.63) is 0 Å². The van der Waals surface area contributed by atoms with Crippen molar-refractivity contribution in [2.45, 2.75) is 26.6 Å². The zero-order valence-electron chi connectivity index (χ0n) is 20.5. The van der Waals surface area contributed by atoms with E-state index in [1.807, 2.05) is 0 Å². The Morgan fingerprint density at radius 2 is 0.784 bits per heavy atom.